The third-order valence-corrected chi connectivity index (χ3v) is 7.68. The van der Waals surface area contributed by atoms with Crippen LogP contribution < -0.4 is 4.72 Å². The fourth-order valence-electron chi connectivity index (χ4n) is 4.15. The summed E-state index contributed by atoms with van der Waals surface area (Å²) in [4.78, 5) is 18.1. The Hall–Kier alpha value is -3.36. The second-order valence-electron chi connectivity index (χ2n) is 9.04. The number of hydrogen-bond acceptors (Lipinski definition) is 5. The molecule has 2 atom stereocenters. The average molecular weight is 495 g/mol. The molecule has 4 rings (SSSR count). The number of halogens is 1. The van der Waals surface area contributed by atoms with Gasteiger partial charge < -0.3 is 4.74 Å². The van der Waals surface area contributed by atoms with Crippen LogP contribution >= 0.6 is 0 Å². The third kappa shape index (κ3) is 4.63. The molecule has 0 radical (unpaired) electrons. The lowest BCUT2D eigenvalue weighted by atomic mass is 9.77. The maximum absolute atomic E-state index is 14.5. The van der Waals surface area contributed by atoms with Gasteiger partial charge in [0.1, 0.15) is 5.82 Å². The van der Waals surface area contributed by atoms with Crippen molar-refractivity contribution in [2.45, 2.75) is 44.2 Å². The van der Waals surface area contributed by atoms with Crippen molar-refractivity contribution in [1.29, 1.82) is 0 Å². The quantitative estimate of drug-likeness (QED) is 0.476. The smallest absolute Gasteiger partial charge is 0.343 e. The first-order valence-corrected chi connectivity index (χ1v) is 12.8. The van der Waals surface area contributed by atoms with Crippen LogP contribution in [0.4, 0.5) is 4.39 Å². The Morgan fingerprint density at radius 1 is 0.914 bits per heavy atom. The van der Waals surface area contributed by atoms with Gasteiger partial charge in [0.15, 0.2) is 5.54 Å². The topological polar surface area (TPSA) is 84.8 Å². The number of carbonyl (C=O) groups excluding carboxylic acids is 1. The maximum Gasteiger partial charge on any atom is 0.343 e. The number of carbonyl (C=O) groups is 1. The monoisotopic (exact) mass is 494 g/mol. The number of aryl methyl sites for hydroxylation is 2. The summed E-state index contributed by atoms with van der Waals surface area (Å²) in [5.41, 5.74) is 0.793. The highest BCUT2D eigenvalue weighted by atomic mass is 32.2. The van der Waals surface area contributed by atoms with Crippen LogP contribution in [-0.2, 0) is 19.6 Å². The minimum absolute atomic E-state index is 0.0347. The highest BCUT2D eigenvalue weighted by Gasteiger charge is 2.56. The van der Waals surface area contributed by atoms with Crippen LogP contribution in [0.2, 0.25) is 0 Å². The molecule has 0 aromatic heterocycles. The molecule has 0 amide bonds. The number of hydrogen-bond donors (Lipinski definition) is 1. The summed E-state index contributed by atoms with van der Waals surface area (Å²) in [5.74, 6) is -2.01. The minimum atomic E-state index is -4.06. The average Bonchev–Trinajstić information content (AvgIpc) is 3.16. The van der Waals surface area contributed by atoms with Crippen LogP contribution in [0.1, 0.15) is 42.1 Å². The molecular weight excluding hydrogens is 467 g/mol. The molecular formula is C27H27FN2O4S. The molecule has 0 spiro atoms. The highest BCUT2D eigenvalue weighted by Crippen LogP contribution is 2.42. The van der Waals surface area contributed by atoms with Gasteiger partial charge in [-0.25, -0.2) is 27.3 Å². The van der Waals surface area contributed by atoms with Crippen LogP contribution in [-0.4, -0.2) is 25.8 Å². The van der Waals surface area contributed by atoms with E-state index in [0.29, 0.717) is 5.56 Å². The predicted molar refractivity (Wildman–Crippen MR) is 132 cm³/mol. The molecule has 0 fully saturated rings. The number of esters is 1. The Morgan fingerprint density at radius 3 is 2.06 bits per heavy atom. The highest BCUT2D eigenvalue weighted by molar-refractivity contribution is 7.89. The van der Waals surface area contributed by atoms with E-state index in [4.69, 9.17) is 4.74 Å². The zero-order valence-electron chi connectivity index (χ0n) is 19.9. The predicted octanol–water partition coefficient (Wildman–Crippen LogP) is 4.86. The van der Waals surface area contributed by atoms with Gasteiger partial charge in [0.2, 0.25) is 15.9 Å². The standard InChI is InChI=1S/C27H27FN2O4S/c1-17(2)27(26(31)34-25(29-27)22-7-5-6-8-23(22)28)24(20-13-9-18(3)10-14-20)30-35(32,33)21-15-11-19(4)12-16-21/h5-17,24,30H,1-4H3/t24?,27-/m1/s1. The van der Waals surface area contributed by atoms with Gasteiger partial charge in [0, 0.05) is 0 Å². The molecule has 8 heteroatoms. The van der Waals surface area contributed by atoms with Gasteiger partial charge in [-0.1, -0.05) is 73.5 Å². The van der Waals surface area contributed by atoms with Crippen molar-refractivity contribution in [2.75, 3.05) is 0 Å². The van der Waals surface area contributed by atoms with Crippen molar-refractivity contribution in [1.82, 2.24) is 4.72 Å². The van der Waals surface area contributed by atoms with Crippen LogP contribution in [0.3, 0.4) is 0 Å². The second kappa shape index (κ2) is 9.36. The molecule has 1 aliphatic heterocycles. The molecule has 1 heterocycles. The number of rotatable bonds is 7. The summed E-state index contributed by atoms with van der Waals surface area (Å²) < 4.78 is 49.7. The number of cyclic esters (lactones) is 1. The van der Waals surface area contributed by atoms with Gasteiger partial charge in [0.25, 0.3) is 0 Å². The van der Waals surface area contributed by atoms with Crippen molar-refractivity contribution < 1.29 is 22.3 Å². The molecule has 0 bridgehead atoms. The number of benzene rings is 3. The Bertz CT molecular complexity index is 1380. The zero-order valence-corrected chi connectivity index (χ0v) is 20.8. The maximum atomic E-state index is 14.5. The lowest BCUT2D eigenvalue weighted by Crippen LogP contribution is -2.52. The van der Waals surface area contributed by atoms with Crippen LogP contribution in [0.15, 0.2) is 82.7 Å². The third-order valence-electron chi connectivity index (χ3n) is 6.24. The normalized spacial score (nSPS) is 18.9. The number of aliphatic imine (C=N–C) groups is 1. The van der Waals surface area contributed by atoms with Gasteiger partial charge in [-0.05, 0) is 49.6 Å². The molecule has 1 N–H and O–H groups in total. The van der Waals surface area contributed by atoms with Gasteiger partial charge in [0.05, 0.1) is 16.5 Å². The van der Waals surface area contributed by atoms with Crippen LogP contribution in [0, 0.1) is 25.6 Å². The number of nitrogens with one attached hydrogen (secondary N) is 1. The summed E-state index contributed by atoms with van der Waals surface area (Å²) >= 11 is 0. The van der Waals surface area contributed by atoms with Gasteiger partial charge in [-0.15, -0.1) is 0 Å². The van der Waals surface area contributed by atoms with Crippen molar-refractivity contribution in [3.63, 3.8) is 0 Å². The van der Waals surface area contributed by atoms with Gasteiger partial charge in [-0.2, -0.15) is 0 Å². The van der Waals surface area contributed by atoms with E-state index < -0.39 is 39.3 Å². The fourth-order valence-corrected chi connectivity index (χ4v) is 5.40. The summed E-state index contributed by atoms with van der Waals surface area (Å²) in [7, 11) is -4.06. The molecule has 0 saturated heterocycles. The second-order valence-corrected chi connectivity index (χ2v) is 10.8. The summed E-state index contributed by atoms with van der Waals surface area (Å²) in [6.07, 6.45) is 0. The Balaban J connectivity index is 1.89. The van der Waals surface area contributed by atoms with Crippen molar-refractivity contribution in [3.8, 4) is 0 Å². The Labute approximate surface area is 204 Å². The van der Waals surface area contributed by atoms with E-state index in [0.717, 1.165) is 11.1 Å². The first-order chi connectivity index (χ1) is 16.5. The number of ether oxygens (including phenoxy) is 1. The van der Waals surface area contributed by atoms with E-state index in [2.05, 4.69) is 9.71 Å². The summed E-state index contributed by atoms with van der Waals surface area (Å²) in [6, 6.07) is 18.3. The van der Waals surface area contributed by atoms with E-state index in [1.165, 1.54) is 30.3 Å². The fraction of sp³-hybridized carbons (Fsp3) is 0.259. The molecule has 0 aliphatic carbocycles. The number of nitrogens with zero attached hydrogens (tertiary/aromatic N) is 1. The van der Waals surface area contributed by atoms with Crippen molar-refractivity contribution in [2.24, 2.45) is 10.9 Å². The molecule has 1 unspecified atom stereocenters. The van der Waals surface area contributed by atoms with E-state index in [1.807, 2.05) is 26.0 Å². The summed E-state index contributed by atoms with van der Waals surface area (Å²) in [5, 5.41) is 0. The SMILES string of the molecule is Cc1ccc(C(NS(=O)(=O)c2ccc(C)cc2)[C@@]2(C(C)C)N=C(c3ccccc3F)OC2=O)cc1. The molecule has 1 aliphatic rings. The zero-order chi connectivity index (χ0) is 25.4. The lowest BCUT2D eigenvalue weighted by Gasteiger charge is -2.35. The molecule has 0 saturated carbocycles. The molecule has 182 valence electrons. The van der Waals surface area contributed by atoms with Crippen molar-refractivity contribution >= 4 is 21.9 Å². The molecule has 6 nitrogen and oxygen atoms in total. The van der Waals surface area contributed by atoms with E-state index in [9.17, 15) is 17.6 Å². The molecule has 3 aromatic carbocycles. The van der Waals surface area contributed by atoms with Crippen LogP contribution in [0.25, 0.3) is 0 Å². The van der Waals surface area contributed by atoms with E-state index >= 15 is 0 Å². The molecule has 3 aromatic rings. The first-order valence-electron chi connectivity index (χ1n) is 11.3. The Kier molecular flexibility index (Phi) is 6.62. The van der Waals surface area contributed by atoms with Gasteiger partial charge >= 0.3 is 5.97 Å². The van der Waals surface area contributed by atoms with Gasteiger partial charge in [-0.3, -0.25) is 0 Å². The molecule has 35 heavy (non-hydrogen) atoms. The van der Waals surface area contributed by atoms with Crippen LogP contribution in [0.5, 0.6) is 0 Å². The number of sulfonamides is 1. The largest absolute Gasteiger partial charge is 0.405 e. The Morgan fingerprint density at radius 2 is 1.49 bits per heavy atom. The summed E-state index contributed by atoms with van der Waals surface area (Å²) in [6.45, 7) is 7.29. The minimum Gasteiger partial charge on any atom is -0.405 e. The first kappa shape index (κ1) is 24.8. The lowest BCUT2D eigenvalue weighted by molar-refractivity contribution is -0.141. The van der Waals surface area contributed by atoms with E-state index in [-0.39, 0.29) is 16.4 Å². The van der Waals surface area contributed by atoms with E-state index in [1.54, 1.807) is 44.2 Å². The van der Waals surface area contributed by atoms with Crippen molar-refractivity contribution in [3.05, 3.63) is 101 Å².